The molecule has 0 bridgehead atoms. The van der Waals surface area contributed by atoms with E-state index in [1.54, 1.807) is 45.2 Å². The molecule has 1 amide bonds. The van der Waals surface area contributed by atoms with Crippen LogP contribution in [-0.4, -0.2) is 69.0 Å². The average Bonchev–Trinajstić information content (AvgIpc) is 2.82. The van der Waals surface area contributed by atoms with Crippen LogP contribution in [0.3, 0.4) is 0 Å². The summed E-state index contributed by atoms with van der Waals surface area (Å²) in [6, 6.07) is 10.7. The van der Waals surface area contributed by atoms with Gasteiger partial charge in [-0.3, -0.25) is 9.69 Å². The van der Waals surface area contributed by atoms with E-state index >= 15 is 0 Å². The summed E-state index contributed by atoms with van der Waals surface area (Å²) in [6.07, 6.45) is 0.475. The van der Waals surface area contributed by atoms with Crippen molar-refractivity contribution in [3.05, 3.63) is 53.3 Å². The van der Waals surface area contributed by atoms with Crippen LogP contribution in [0.4, 0.5) is 4.39 Å². The summed E-state index contributed by atoms with van der Waals surface area (Å²) in [5.74, 6) is 3.16. The summed E-state index contributed by atoms with van der Waals surface area (Å²) < 4.78 is 30.1. The highest BCUT2D eigenvalue weighted by molar-refractivity contribution is 7.98. The minimum absolute atomic E-state index is 0.161. The third-order valence-electron chi connectivity index (χ3n) is 5.58. The molecule has 2 aromatic rings. The van der Waals surface area contributed by atoms with E-state index in [0.29, 0.717) is 60.4 Å². The molecule has 2 aromatic carbocycles. The highest BCUT2D eigenvalue weighted by Crippen LogP contribution is 2.40. The topological polar surface area (TPSA) is 51.2 Å². The Kier molecular flexibility index (Phi) is 9.05. The number of rotatable bonds is 10. The van der Waals surface area contributed by atoms with Crippen molar-refractivity contribution in [2.45, 2.75) is 18.7 Å². The number of carbonyl (C=O) groups excluding carboxylic acids is 1. The Morgan fingerprint density at radius 1 is 0.938 bits per heavy atom. The van der Waals surface area contributed by atoms with Crippen LogP contribution < -0.4 is 14.2 Å². The molecule has 0 atom stereocenters. The van der Waals surface area contributed by atoms with Crippen LogP contribution in [0.25, 0.3) is 0 Å². The molecule has 6 nitrogen and oxygen atoms in total. The van der Waals surface area contributed by atoms with Crippen molar-refractivity contribution in [2.75, 3.05) is 53.3 Å². The summed E-state index contributed by atoms with van der Waals surface area (Å²) in [5.41, 5.74) is 1.71. The van der Waals surface area contributed by atoms with Gasteiger partial charge >= 0.3 is 0 Å². The fraction of sp³-hybridized carbons (Fsp3) is 0.458. The molecule has 0 aromatic heterocycles. The Morgan fingerprint density at radius 3 is 2.31 bits per heavy atom. The van der Waals surface area contributed by atoms with E-state index in [1.165, 1.54) is 6.07 Å². The normalized spacial score (nSPS) is 14.3. The number of halogens is 1. The summed E-state index contributed by atoms with van der Waals surface area (Å²) in [4.78, 5) is 16.8. The van der Waals surface area contributed by atoms with Crippen molar-refractivity contribution in [3.8, 4) is 17.2 Å². The van der Waals surface area contributed by atoms with Crippen LogP contribution in [-0.2, 0) is 17.1 Å². The van der Waals surface area contributed by atoms with Crippen LogP contribution in [0.15, 0.2) is 36.4 Å². The summed E-state index contributed by atoms with van der Waals surface area (Å²) in [6.45, 7) is 3.71. The Hall–Kier alpha value is -2.45. The number of amides is 1. The summed E-state index contributed by atoms with van der Waals surface area (Å²) in [5, 5.41) is 0. The molecule has 0 aliphatic carbocycles. The molecule has 1 fully saturated rings. The predicted octanol–water partition coefficient (Wildman–Crippen LogP) is 3.82. The lowest BCUT2D eigenvalue weighted by Gasteiger charge is -2.35. The first-order valence-corrected chi connectivity index (χ1v) is 11.8. The van der Waals surface area contributed by atoms with Crippen LogP contribution in [0.2, 0.25) is 0 Å². The van der Waals surface area contributed by atoms with E-state index in [9.17, 15) is 9.18 Å². The SMILES string of the molecule is COc1ccc(CN2CCN(C(=O)CCSCc3ccccc3F)CC2)c(OC)c1OC. The Labute approximate surface area is 193 Å². The molecule has 1 aliphatic heterocycles. The zero-order valence-corrected chi connectivity index (χ0v) is 19.8. The highest BCUT2D eigenvalue weighted by atomic mass is 32.2. The molecular formula is C24H31FN2O4S. The number of nitrogens with zero attached hydrogens (tertiary/aromatic N) is 2. The van der Waals surface area contributed by atoms with Crippen LogP contribution in [0.1, 0.15) is 17.5 Å². The second-order valence-electron chi connectivity index (χ2n) is 7.54. The van der Waals surface area contributed by atoms with Gasteiger partial charge in [-0.05, 0) is 17.7 Å². The maximum absolute atomic E-state index is 13.7. The number of benzene rings is 2. The number of thioether (sulfide) groups is 1. The fourth-order valence-electron chi connectivity index (χ4n) is 3.80. The van der Waals surface area contributed by atoms with Gasteiger partial charge in [0.25, 0.3) is 0 Å². The summed E-state index contributed by atoms with van der Waals surface area (Å²) in [7, 11) is 4.83. The average molecular weight is 463 g/mol. The van der Waals surface area contributed by atoms with Crippen molar-refractivity contribution < 1.29 is 23.4 Å². The zero-order chi connectivity index (χ0) is 22.9. The van der Waals surface area contributed by atoms with E-state index in [0.717, 1.165) is 18.7 Å². The standard InChI is InChI=1S/C24H31FN2O4S/c1-29-21-9-8-18(23(30-2)24(21)31-3)16-26-11-13-27(14-12-26)22(28)10-15-32-17-19-6-4-5-7-20(19)25/h4-9H,10-17H2,1-3H3. The first-order chi connectivity index (χ1) is 15.6. The number of methoxy groups -OCH3 is 3. The number of hydrogen-bond donors (Lipinski definition) is 0. The van der Waals surface area contributed by atoms with E-state index in [-0.39, 0.29) is 11.7 Å². The molecule has 1 heterocycles. The molecule has 32 heavy (non-hydrogen) atoms. The maximum atomic E-state index is 13.7. The number of piperazine rings is 1. The van der Waals surface area contributed by atoms with Gasteiger partial charge in [-0.25, -0.2) is 4.39 Å². The highest BCUT2D eigenvalue weighted by Gasteiger charge is 2.23. The first kappa shape index (κ1) is 24.2. The summed E-state index contributed by atoms with van der Waals surface area (Å²) >= 11 is 1.59. The second kappa shape index (κ2) is 12.0. The number of hydrogen-bond acceptors (Lipinski definition) is 6. The van der Waals surface area contributed by atoms with E-state index in [1.807, 2.05) is 23.1 Å². The molecule has 3 rings (SSSR count). The van der Waals surface area contributed by atoms with Crippen molar-refractivity contribution in [2.24, 2.45) is 0 Å². The van der Waals surface area contributed by atoms with Crippen molar-refractivity contribution in [3.63, 3.8) is 0 Å². The van der Waals surface area contributed by atoms with E-state index in [4.69, 9.17) is 14.2 Å². The number of ether oxygens (including phenoxy) is 3. The van der Waals surface area contributed by atoms with Crippen molar-refractivity contribution >= 4 is 17.7 Å². The minimum Gasteiger partial charge on any atom is -0.493 e. The molecule has 0 unspecified atom stereocenters. The van der Waals surface area contributed by atoms with Crippen molar-refractivity contribution in [1.29, 1.82) is 0 Å². The van der Waals surface area contributed by atoms with Gasteiger partial charge in [0.15, 0.2) is 11.5 Å². The fourth-order valence-corrected chi connectivity index (χ4v) is 4.72. The van der Waals surface area contributed by atoms with Crippen LogP contribution >= 0.6 is 11.8 Å². The van der Waals surface area contributed by atoms with E-state index in [2.05, 4.69) is 4.90 Å². The molecule has 0 N–H and O–H groups in total. The molecule has 0 radical (unpaired) electrons. The largest absolute Gasteiger partial charge is 0.493 e. The van der Waals surface area contributed by atoms with Gasteiger partial charge < -0.3 is 19.1 Å². The molecule has 174 valence electrons. The smallest absolute Gasteiger partial charge is 0.223 e. The third-order valence-corrected chi connectivity index (χ3v) is 6.59. The minimum atomic E-state index is -0.187. The quantitative estimate of drug-likeness (QED) is 0.501. The van der Waals surface area contributed by atoms with Gasteiger partial charge in [-0.15, -0.1) is 0 Å². The van der Waals surface area contributed by atoms with Gasteiger partial charge in [-0.2, -0.15) is 11.8 Å². The monoisotopic (exact) mass is 462 g/mol. The molecular weight excluding hydrogens is 431 g/mol. The lowest BCUT2D eigenvalue weighted by Crippen LogP contribution is -2.48. The van der Waals surface area contributed by atoms with Gasteiger partial charge in [0.2, 0.25) is 11.7 Å². The van der Waals surface area contributed by atoms with Gasteiger partial charge in [0, 0.05) is 56.2 Å². The van der Waals surface area contributed by atoms with Crippen LogP contribution in [0, 0.1) is 5.82 Å². The maximum Gasteiger partial charge on any atom is 0.223 e. The molecule has 1 saturated heterocycles. The third kappa shape index (κ3) is 6.07. The lowest BCUT2D eigenvalue weighted by molar-refractivity contribution is -0.132. The first-order valence-electron chi connectivity index (χ1n) is 10.7. The van der Waals surface area contributed by atoms with Crippen molar-refractivity contribution in [1.82, 2.24) is 9.80 Å². The van der Waals surface area contributed by atoms with Crippen LogP contribution in [0.5, 0.6) is 17.2 Å². The Balaban J connectivity index is 1.45. The predicted molar refractivity (Wildman–Crippen MR) is 125 cm³/mol. The molecule has 1 aliphatic rings. The molecule has 0 spiro atoms. The van der Waals surface area contributed by atoms with Gasteiger partial charge in [-0.1, -0.05) is 24.3 Å². The van der Waals surface area contributed by atoms with E-state index < -0.39 is 0 Å². The zero-order valence-electron chi connectivity index (χ0n) is 18.9. The molecule has 0 saturated carbocycles. The van der Waals surface area contributed by atoms with Gasteiger partial charge in [0.1, 0.15) is 5.82 Å². The second-order valence-corrected chi connectivity index (χ2v) is 8.65. The van der Waals surface area contributed by atoms with Gasteiger partial charge in [0.05, 0.1) is 21.3 Å². The Morgan fingerprint density at radius 2 is 1.66 bits per heavy atom. The molecule has 8 heteroatoms. The number of carbonyl (C=O) groups is 1. The lowest BCUT2D eigenvalue weighted by atomic mass is 10.1. The Bertz CT molecular complexity index is 904.